The van der Waals surface area contributed by atoms with E-state index in [2.05, 4.69) is 15.3 Å². The third-order valence-corrected chi connectivity index (χ3v) is 4.59. The van der Waals surface area contributed by atoms with Crippen molar-refractivity contribution in [3.8, 4) is 5.82 Å². The lowest BCUT2D eigenvalue weighted by Gasteiger charge is -2.21. The van der Waals surface area contributed by atoms with Crippen molar-refractivity contribution in [2.75, 3.05) is 13.2 Å². The maximum atomic E-state index is 12.4. The first-order valence-electron chi connectivity index (χ1n) is 8.55. The van der Waals surface area contributed by atoms with Gasteiger partial charge in [-0.1, -0.05) is 18.2 Å². The number of aromatic nitrogens is 3. The molecule has 0 aliphatic carbocycles. The van der Waals surface area contributed by atoms with E-state index in [1.165, 1.54) is 0 Å². The van der Waals surface area contributed by atoms with Crippen LogP contribution in [0.25, 0.3) is 16.9 Å². The third-order valence-electron chi connectivity index (χ3n) is 4.59. The Morgan fingerprint density at radius 1 is 1.16 bits per heavy atom. The van der Waals surface area contributed by atoms with Crippen LogP contribution in [0.4, 0.5) is 0 Å². The second-order valence-electron chi connectivity index (χ2n) is 6.19. The fourth-order valence-corrected chi connectivity index (χ4v) is 3.20. The number of imidazole rings is 1. The maximum absolute atomic E-state index is 12.4. The Bertz CT molecular complexity index is 884. The maximum Gasteiger partial charge on any atom is 0.223 e. The fraction of sp³-hybridized carbons (Fsp3) is 0.316. The average molecular weight is 336 g/mol. The summed E-state index contributed by atoms with van der Waals surface area (Å²) in [5.74, 6) is 0.931. The predicted molar refractivity (Wildman–Crippen MR) is 94.3 cm³/mol. The zero-order chi connectivity index (χ0) is 17.1. The van der Waals surface area contributed by atoms with E-state index in [1.54, 1.807) is 12.5 Å². The van der Waals surface area contributed by atoms with Gasteiger partial charge in [0.1, 0.15) is 12.1 Å². The molecule has 0 spiro atoms. The lowest BCUT2D eigenvalue weighted by atomic mass is 9.99. The number of nitrogens with zero attached hydrogens (tertiary/aromatic N) is 3. The number of benzene rings is 1. The molecule has 128 valence electrons. The normalized spacial score (nSPS) is 15.4. The highest BCUT2D eigenvalue weighted by molar-refractivity contribution is 5.79. The highest BCUT2D eigenvalue weighted by Crippen LogP contribution is 2.20. The van der Waals surface area contributed by atoms with E-state index >= 15 is 0 Å². The van der Waals surface area contributed by atoms with Gasteiger partial charge in [-0.25, -0.2) is 9.97 Å². The van der Waals surface area contributed by atoms with E-state index in [-0.39, 0.29) is 11.8 Å². The van der Waals surface area contributed by atoms with Crippen LogP contribution in [0.15, 0.2) is 48.9 Å². The van der Waals surface area contributed by atoms with Gasteiger partial charge in [0.15, 0.2) is 0 Å². The minimum atomic E-state index is 0.0444. The lowest BCUT2D eigenvalue weighted by molar-refractivity contribution is -0.128. The zero-order valence-electron chi connectivity index (χ0n) is 13.9. The summed E-state index contributed by atoms with van der Waals surface area (Å²) < 4.78 is 7.28. The molecule has 2 aromatic heterocycles. The quantitative estimate of drug-likeness (QED) is 0.795. The second kappa shape index (κ2) is 7.03. The number of nitrogens with one attached hydrogen (secondary N) is 1. The second-order valence-corrected chi connectivity index (χ2v) is 6.19. The van der Waals surface area contributed by atoms with Gasteiger partial charge in [0, 0.05) is 37.4 Å². The number of amides is 1. The molecule has 0 radical (unpaired) electrons. The van der Waals surface area contributed by atoms with Crippen molar-refractivity contribution in [1.82, 2.24) is 19.9 Å². The van der Waals surface area contributed by atoms with Crippen molar-refractivity contribution >= 4 is 16.9 Å². The minimum absolute atomic E-state index is 0.0444. The van der Waals surface area contributed by atoms with E-state index in [9.17, 15) is 4.79 Å². The van der Waals surface area contributed by atoms with Crippen LogP contribution in [-0.4, -0.2) is 33.7 Å². The van der Waals surface area contributed by atoms with Crippen LogP contribution >= 0.6 is 0 Å². The van der Waals surface area contributed by atoms with E-state index in [4.69, 9.17) is 4.74 Å². The van der Waals surface area contributed by atoms with Crippen molar-refractivity contribution in [2.24, 2.45) is 5.92 Å². The minimum Gasteiger partial charge on any atom is -0.381 e. The molecule has 1 fully saturated rings. The molecule has 1 amide bonds. The van der Waals surface area contributed by atoms with E-state index in [0.717, 1.165) is 35.3 Å². The molecule has 4 rings (SSSR count). The molecule has 0 saturated carbocycles. The Morgan fingerprint density at radius 2 is 2.00 bits per heavy atom. The van der Waals surface area contributed by atoms with Crippen LogP contribution in [0.3, 0.4) is 0 Å². The first-order valence-corrected chi connectivity index (χ1v) is 8.55. The Kier molecular flexibility index (Phi) is 4.43. The first-order chi connectivity index (χ1) is 12.3. The molecule has 6 nitrogen and oxygen atoms in total. The number of hydrogen-bond donors (Lipinski definition) is 1. The van der Waals surface area contributed by atoms with Gasteiger partial charge in [-0.05, 0) is 31.0 Å². The molecule has 3 aromatic rings. The molecule has 25 heavy (non-hydrogen) atoms. The van der Waals surface area contributed by atoms with Gasteiger partial charge < -0.3 is 10.1 Å². The number of carbonyl (C=O) groups excluding carboxylic acids is 1. The third kappa shape index (κ3) is 3.25. The molecular weight excluding hydrogens is 316 g/mol. The number of hydrogen-bond acceptors (Lipinski definition) is 4. The average Bonchev–Trinajstić information content (AvgIpc) is 3.11. The molecule has 0 bridgehead atoms. The predicted octanol–water partition coefficient (Wildman–Crippen LogP) is 2.46. The van der Waals surface area contributed by atoms with Crippen molar-refractivity contribution in [2.45, 2.75) is 19.4 Å². The summed E-state index contributed by atoms with van der Waals surface area (Å²) in [6.07, 6.45) is 5.11. The number of carbonyl (C=O) groups is 1. The van der Waals surface area contributed by atoms with Gasteiger partial charge in [-0.3, -0.25) is 9.36 Å². The van der Waals surface area contributed by atoms with Crippen molar-refractivity contribution in [3.63, 3.8) is 0 Å². The summed E-state index contributed by atoms with van der Waals surface area (Å²) in [4.78, 5) is 21.3. The van der Waals surface area contributed by atoms with Crippen LogP contribution in [0.1, 0.15) is 18.4 Å². The fourth-order valence-electron chi connectivity index (χ4n) is 3.20. The van der Waals surface area contributed by atoms with Gasteiger partial charge in [0.2, 0.25) is 5.91 Å². The van der Waals surface area contributed by atoms with Crippen LogP contribution in [0, 0.1) is 5.92 Å². The summed E-state index contributed by atoms with van der Waals surface area (Å²) in [7, 11) is 0. The lowest BCUT2D eigenvalue weighted by Crippen LogP contribution is -2.34. The van der Waals surface area contributed by atoms with Gasteiger partial charge in [0.05, 0.1) is 11.0 Å². The Labute approximate surface area is 145 Å². The highest BCUT2D eigenvalue weighted by atomic mass is 16.5. The molecule has 3 heterocycles. The largest absolute Gasteiger partial charge is 0.381 e. The van der Waals surface area contributed by atoms with E-state index in [0.29, 0.717) is 19.8 Å². The van der Waals surface area contributed by atoms with Gasteiger partial charge in [-0.15, -0.1) is 0 Å². The molecule has 1 aromatic carbocycles. The van der Waals surface area contributed by atoms with Gasteiger partial charge >= 0.3 is 0 Å². The van der Waals surface area contributed by atoms with Crippen LogP contribution in [-0.2, 0) is 16.1 Å². The van der Waals surface area contributed by atoms with E-state index in [1.807, 2.05) is 41.0 Å². The number of rotatable bonds is 4. The highest BCUT2D eigenvalue weighted by Gasteiger charge is 2.21. The molecule has 6 heteroatoms. The summed E-state index contributed by atoms with van der Waals surface area (Å²) >= 11 is 0. The van der Waals surface area contributed by atoms with Crippen LogP contribution < -0.4 is 5.32 Å². The number of para-hydroxylation sites is 2. The smallest absolute Gasteiger partial charge is 0.223 e. The molecule has 0 atom stereocenters. The SMILES string of the molecule is O=C(NCc1cccnc1-n1cnc2ccccc21)C1CCOCC1. The Hall–Kier alpha value is -2.73. The van der Waals surface area contributed by atoms with Crippen LogP contribution in [0.5, 0.6) is 0 Å². The number of pyridine rings is 1. The summed E-state index contributed by atoms with van der Waals surface area (Å²) in [5, 5.41) is 3.05. The zero-order valence-corrected chi connectivity index (χ0v) is 13.9. The standard InChI is InChI=1S/C19H20N4O2/c24-19(14-7-10-25-11-8-14)21-12-15-4-3-9-20-18(15)23-13-22-16-5-1-2-6-17(16)23/h1-6,9,13-14H,7-8,10-12H2,(H,21,24). The van der Waals surface area contributed by atoms with Crippen molar-refractivity contribution < 1.29 is 9.53 Å². The molecule has 1 saturated heterocycles. The summed E-state index contributed by atoms with van der Waals surface area (Å²) in [6.45, 7) is 1.78. The number of fused-ring (bicyclic) bond motifs is 1. The molecule has 1 aliphatic heterocycles. The molecule has 0 unspecified atom stereocenters. The van der Waals surface area contributed by atoms with Crippen molar-refractivity contribution in [3.05, 3.63) is 54.5 Å². The Morgan fingerprint density at radius 3 is 2.88 bits per heavy atom. The first kappa shape index (κ1) is 15.8. The summed E-state index contributed by atoms with van der Waals surface area (Å²) in [5.41, 5.74) is 2.88. The number of ether oxygens (including phenoxy) is 1. The molecular formula is C19H20N4O2. The van der Waals surface area contributed by atoms with Crippen molar-refractivity contribution in [1.29, 1.82) is 0 Å². The van der Waals surface area contributed by atoms with Crippen LogP contribution in [0.2, 0.25) is 0 Å². The monoisotopic (exact) mass is 336 g/mol. The summed E-state index contributed by atoms with van der Waals surface area (Å²) in [6, 6.07) is 11.8. The molecule has 1 aliphatic rings. The molecule has 1 N–H and O–H groups in total. The van der Waals surface area contributed by atoms with Gasteiger partial charge in [-0.2, -0.15) is 0 Å². The van der Waals surface area contributed by atoms with E-state index < -0.39 is 0 Å². The van der Waals surface area contributed by atoms with Gasteiger partial charge in [0.25, 0.3) is 0 Å². The topological polar surface area (TPSA) is 69.0 Å². The Balaban J connectivity index is 1.56.